The lowest BCUT2D eigenvalue weighted by atomic mass is 10.5. The fourth-order valence-electron chi connectivity index (χ4n) is 0.326. The lowest BCUT2D eigenvalue weighted by molar-refractivity contribution is -0.118. The van der Waals surface area contributed by atoms with Crippen LogP contribution in [-0.2, 0) is 0 Å². The van der Waals surface area contributed by atoms with Gasteiger partial charge in [0.05, 0.1) is 0 Å². The van der Waals surface area contributed by atoms with E-state index < -0.39 is 12.7 Å². The Morgan fingerprint density at radius 3 is 2.45 bits per heavy atom. The van der Waals surface area contributed by atoms with Crippen LogP contribution in [0.1, 0.15) is 6.92 Å². The minimum Gasteiger partial charge on any atom is -0.402 e. The van der Waals surface area contributed by atoms with E-state index in [0.717, 1.165) is 6.21 Å². The molecular formula is C6H9F3N2. The molecule has 64 valence electrons. The molecule has 0 atom stereocenters. The van der Waals surface area contributed by atoms with Crippen molar-refractivity contribution in [1.82, 2.24) is 0 Å². The van der Waals surface area contributed by atoms with Crippen LogP contribution < -0.4 is 5.73 Å². The van der Waals surface area contributed by atoms with E-state index in [2.05, 4.69) is 4.99 Å². The molecule has 0 aliphatic rings. The summed E-state index contributed by atoms with van der Waals surface area (Å²) in [4.78, 5) is 3.08. The molecule has 0 fully saturated rings. The van der Waals surface area contributed by atoms with Gasteiger partial charge in [-0.25, -0.2) is 0 Å². The molecule has 2 N–H and O–H groups in total. The summed E-state index contributed by atoms with van der Waals surface area (Å²) in [6.07, 6.45) is -1.87. The second kappa shape index (κ2) is 4.00. The number of allylic oxidation sites excluding steroid dienone is 2. The van der Waals surface area contributed by atoms with Crippen LogP contribution in [0, 0.1) is 0 Å². The lowest BCUT2D eigenvalue weighted by Crippen LogP contribution is -2.11. The molecule has 0 aliphatic carbocycles. The number of hydrogen-bond donors (Lipinski definition) is 1. The molecule has 0 saturated heterocycles. The summed E-state index contributed by atoms with van der Waals surface area (Å²) in [5.74, 6) is 0. The van der Waals surface area contributed by atoms with Crippen molar-refractivity contribution in [1.29, 1.82) is 0 Å². The fraction of sp³-hybridized carbons (Fsp3) is 0.500. The van der Waals surface area contributed by atoms with E-state index >= 15 is 0 Å². The number of rotatable bonds is 2. The summed E-state index contributed by atoms with van der Waals surface area (Å²) in [6, 6.07) is 0. The Kier molecular flexibility index (Phi) is 3.64. The Hall–Kier alpha value is -1.00. The van der Waals surface area contributed by atoms with Gasteiger partial charge < -0.3 is 5.73 Å². The van der Waals surface area contributed by atoms with Gasteiger partial charge in [-0.15, -0.1) is 0 Å². The van der Waals surface area contributed by atoms with Crippen molar-refractivity contribution in [2.45, 2.75) is 13.1 Å². The van der Waals surface area contributed by atoms with E-state index in [0.29, 0.717) is 5.70 Å². The van der Waals surface area contributed by atoms with Gasteiger partial charge in [0.25, 0.3) is 0 Å². The minimum atomic E-state index is -4.23. The maximum Gasteiger partial charge on any atom is 0.407 e. The summed E-state index contributed by atoms with van der Waals surface area (Å²) < 4.78 is 34.2. The molecule has 0 aromatic carbocycles. The summed E-state index contributed by atoms with van der Waals surface area (Å²) in [5.41, 5.74) is 5.56. The van der Waals surface area contributed by atoms with Gasteiger partial charge in [0.15, 0.2) is 0 Å². The molecule has 0 unspecified atom stereocenters. The minimum absolute atomic E-state index is 0.427. The van der Waals surface area contributed by atoms with Crippen LogP contribution in [0.5, 0.6) is 0 Å². The van der Waals surface area contributed by atoms with E-state index in [1.165, 1.54) is 6.08 Å². The number of nitrogens with two attached hydrogens (primary N) is 1. The predicted molar refractivity (Wildman–Crippen MR) is 37.4 cm³/mol. The van der Waals surface area contributed by atoms with Crippen LogP contribution in [0.2, 0.25) is 0 Å². The second-order valence-corrected chi connectivity index (χ2v) is 2.02. The van der Waals surface area contributed by atoms with Crippen molar-refractivity contribution in [2.75, 3.05) is 6.54 Å². The normalized spacial score (nSPS) is 14.4. The van der Waals surface area contributed by atoms with Gasteiger partial charge in [-0.05, 0) is 13.0 Å². The quantitative estimate of drug-likeness (QED) is 0.620. The standard InChI is InChI=1S/C6H9F3N2/c1-5(10)2-3-11-4-6(7,8)9/h2-3H,4,10H2,1H3. The molecular weight excluding hydrogens is 157 g/mol. The molecule has 0 amide bonds. The average molecular weight is 166 g/mol. The smallest absolute Gasteiger partial charge is 0.402 e. The molecule has 0 rings (SSSR count). The van der Waals surface area contributed by atoms with Crippen molar-refractivity contribution in [3.8, 4) is 0 Å². The highest BCUT2D eigenvalue weighted by Crippen LogP contribution is 2.13. The largest absolute Gasteiger partial charge is 0.407 e. The summed E-state index contributed by atoms with van der Waals surface area (Å²) in [6.45, 7) is 0.413. The molecule has 0 spiro atoms. The van der Waals surface area contributed by atoms with E-state index in [4.69, 9.17) is 5.73 Å². The highest BCUT2D eigenvalue weighted by Gasteiger charge is 2.25. The van der Waals surface area contributed by atoms with Crippen molar-refractivity contribution in [3.63, 3.8) is 0 Å². The average Bonchev–Trinajstić information content (AvgIpc) is 1.78. The topological polar surface area (TPSA) is 38.4 Å². The maximum absolute atomic E-state index is 11.4. The monoisotopic (exact) mass is 166 g/mol. The first kappa shape index (κ1) is 10.0. The molecule has 0 saturated carbocycles. The van der Waals surface area contributed by atoms with Gasteiger partial charge in [-0.3, -0.25) is 4.99 Å². The van der Waals surface area contributed by atoms with Crippen LogP contribution in [-0.4, -0.2) is 18.9 Å². The van der Waals surface area contributed by atoms with Crippen molar-refractivity contribution in [3.05, 3.63) is 11.8 Å². The van der Waals surface area contributed by atoms with E-state index in [9.17, 15) is 13.2 Å². The second-order valence-electron chi connectivity index (χ2n) is 2.02. The summed E-state index contributed by atoms with van der Waals surface area (Å²) in [5, 5.41) is 0. The third-order valence-electron chi connectivity index (χ3n) is 0.713. The zero-order valence-electron chi connectivity index (χ0n) is 6.02. The molecule has 2 nitrogen and oxygen atoms in total. The molecule has 0 aromatic rings. The first-order valence-electron chi connectivity index (χ1n) is 2.91. The lowest BCUT2D eigenvalue weighted by Gasteiger charge is -1.98. The Balaban J connectivity index is 3.71. The number of halogens is 3. The van der Waals surface area contributed by atoms with Crippen LogP contribution in [0.4, 0.5) is 13.2 Å². The molecule has 0 aliphatic heterocycles. The predicted octanol–water partition coefficient (Wildman–Crippen LogP) is 1.48. The number of hydrogen-bond acceptors (Lipinski definition) is 2. The number of aliphatic imine (C=N–C) groups is 1. The van der Waals surface area contributed by atoms with Gasteiger partial charge in [-0.1, -0.05) is 0 Å². The van der Waals surface area contributed by atoms with Gasteiger partial charge in [0.1, 0.15) is 6.54 Å². The third-order valence-corrected chi connectivity index (χ3v) is 0.713. The van der Waals surface area contributed by atoms with Gasteiger partial charge >= 0.3 is 6.18 Å². The van der Waals surface area contributed by atoms with E-state index in [-0.39, 0.29) is 0 Å². The van der Waals surface area contributed by atoms with Gasteiger partial charge in [0.2, 0.25) is 0 Å². The summed E-state index contributed by atoms with van der Waals surface area (Å²) >= 11 is 0. The summed E-state index contributed by atoms with van der Waals surface area (Å²) in [7, 11) is 0. The third kappa shape index (κ3) is 9.00. The van der Waals surface area contributed by atoms with Crippen LogP contribution in [0.25, 0.3) is 0 Å². The van der Waals surface area contributed by atoms with Crippen molar-refractivity contribution in [2.24, 2.45) is 10.7 Å². The Labute approximate surface area is 62.6 Å². The van der Waals surface area contributed by atoms with Crippen molar-refractivity contribution >= 4 is 6.21 Å². The Morgan fingerprint density at radius 2 is 2.09 bits per heavy atom. The number of alkyl halides is 3. The van der Waals surface area contributed by atoms with Crippen molar-refractivity contribution < 1.29 is 13.2 Å². The van der Waals surface area contributed by atoms with E-state index in [1.807, 2.05) is 0 Å². The molecule has 0 bridgehead atoms. The molecule has 0 heterocycles. The Bertz CT molecular complexity index is 165. The number of nitrogens with zero attached hydrogens (tertiary/aromatic N) is 1. The van der Waals surface area contributed by atoms with E-state index in [1.54, 1.807) is 6.92 Å². The SMILES string of the molecule is CC(N)=CC=NCC(F)(F)F. The maximum atomic E-state index is 11.4. The fourth-order valence-corrected chi connectivity index (χ4v) is 0.326. The van der Waals surface area contributed by atoms with Gasteiger partial charge in [-0.2, -0.15) is 13.2 Å². The first-order chi connectivity index (χ1) is 4.92. The van der Waals surface area contributed by atoms with Crippen LogP contribution in [0.15, 0.2) is 16.8 Å². The molecule has 0 aromatic heterocycles. The zero-order valence-corrected chi connectivity index (χ0v) is 6.02. The highest BCUT2D eigenvalue weighted by atomic mass is 19.4. The molecule has 5 heteroatoms. The highest BCUT2D eigenvalue weighted by molar-refractivity contribution is 5.71. The van der Waals surface area contributed by atoms with Crippen LogP contribution in [0.3, 0.4) is 0 Å². The zero-order chi connectivity index (χ0) is 8.91. The Morgan fingerprint density at radius 1 is 1.55 bits per heavy atom. The van der Waals surface area contributed by atoms with Crippen LogP contribution >= 0.6 is 0 Å². The molecule has 11 heavy (non-hydrogen) atoms. The molecule has 0 radical (unpaired) electrons. The van der Waals surface area contributed by atoms with Gasteiger partial charge in [0, 0.05) is 11.9 Å². The first-order valence-corrected chi connectivity index (χ1v) is 2.91.